The van der Waals surface area contributed by atoms with E-state index >= 15 is 0 Å². The number of likely N-dealkylation sites (tertiary alicyclic amines) is 1. The summed E-state index contributed by atoms with van der Waals surface area (Å²) in [6.07, 6.45) is 7.89. The minimum absolute atomic E-state index is 0.144. The molecule has 0 radical (unpaired) electrons. The molecule has 0 aromatic carbocycles. The van der Waals surface area contributed by atoms with Gasteiger partial charge in [0.1, 0.15) is 0 Å². The molecule has 2 N–H and O–H groups in total. The van der Waals surface area contributed by atoms with E-state index in [-0.39, 0.29) is 5.92 Å². The normalized spacial score (nSPS) is 23.2. The zero-order chi connectivity index (χ0) is 12.7. The van der Waals surface area contributed by atoms with Crippen molar-refractivity contribution in [2.24, 2.45) is 11.7 Å². The highest BCUT2D eigenvalue weighted by molar-refractivity contribution is 5.78. The minimum Gasteiger partial charge on any atom is -0.340 e. The third-order valence-corrected chi connectivity index (χ3v) is 3.89. The Balaban J connectivity index is 2.56. The van der Waals surface area contributed by atoms with Gasteiger partial charge >= 0.3 is 0 Å². The number of amides is 1. The Morgan fingerprint density at radius 2 is 2.18 bits per heavy atom. The van der Waals surface area contributed by atoms with Crippen LogP contribution in [0.4, 0.5) is 0 Å². The van der Waals surface area contributed by atoms with Crippen molar-refractivity contribution < 1.29 is 4.79 Å². The lowest BCUT2D eigenvalue weighted by Crippen LogP contribution is -2.42. The van der Waals surface area contributed by atoms with Crippen LogP contribution in [-0.2, 0) is 4.79 Å². The Kier molecular flexibility index (Phi) is 6.56. The van der Waals surface area contributed by atoms with E-state index in [1.165, 1.54) is 25.7 Å². The number of rotatable bonds is 5. The maximum atomic E-state index is 12.4. The third kappa shape index (κ3) is 4.30. The first-order valence-electron chi connectivity index (χ1n) is 7.21. The van der Waals surface area contributed by atoms with Crippen molar-refractivity contribution in [2.45, 2.75) is 64.8 Å². The summed E-state index contributed by atoms with van der Waals surface area (Å²) in [4.78, 5) is 14.6. The molecule has 1 rings (SSSR count). The lowest BCUT2D eigenvalue weighted by molar-refractivity contribution is -0.137. The van der Waals surface area contributed by atoms with Crippen LogP contribution in [0.5, 0.6) is 0 Å². The molecule has 2 atom stereocenters. The van der Waals surface area contributed by atoms with E-state index in [1.54, 1.807) is 0 Å². The maximum Gasteiger partial charge on any atom is 0.225 e. The first-order chi connectivity index (χ1) is 8.20. The van der Waals surface area contributed by atoms with Crippen LogP contribution in [0, 0.1) is 5.92 Å². The Morgan fingerprint density at radius 3 is 2.82 bits per heavy atom. The van der Waals surface area contributed by atoms with E-state index in [0.29, 0.717) is 18.5 Å². The number of nitrogens with zero attached hydrogens (tertiary/aromatic N) is 1. The topological polar surface area (TPSA) is 46.3 Å². The van der Waals surface area contributed by atoms with Crippen LogP contribution in [-0.4, -0.2) is 29.9 Å². The van der Waals surface area contributed by atoms with Gasteiger partial charge in [0.15, 0.2) is 0 Å². The van der Waals surface area contributed by atoms with Crippen molar-refractivity contribution in [1.29, 1.82) is 0 Å². The Labute approximate surface area is 106 Å². The molecule has 0 aromatic heterocycles. The standard InChI is InChI=1S/C14H28N2O/c1-3-13-9-5-4-6-11-16(13)14(17)12(2)8-7-10-15/h12-13H,3-11,15H2,1-2H3. The summed E-state index contributed by atoms with van der Waals surface area (Å²) < 4.78 is 0. The highest BCUT2D eigenvalue weighted by Crippen LogP contribution is 2.22. The van der Waals surface area contributed by atoms with Gasteiger partial charge < -0.3 is 10.6 Å². The molecule has 0 spiro atoms. The molecule has 1 amide bonds. The van der Waals surface area contributed by atoms with Crippen molar-refractivity contribution in [1.82, 2.24) is 4.90 Å². The molecule has 3 nitrogen and oxygen atoms in total. The summed E-state index contributed by atoms with van der Waals surface area (Å²) in [6.45, 7) is 5.90. The Hall–Kier alpha value is -0.570. The van der Waals surface area contributed by atoms with Crippen LogP contribution >= 0.6 is 0 Å². The summed E-state index contributed by atoms with van der Waals surface area (Å²) in [7, 11) is 0. The maximum absolute atomic E-state index is 12.4. The molecule has 0 bridgehead atoms. The lowest BCUT2D eigenvalue weighted by Gasteiger charge is -2.31. The second-order valence-electron chi connectivity index (χ2n) is 5.27. The van der Waals surface area contributed by atoms with Crippen LogP contribution in [0.1, 0.15) is 58.8 Å². The number of carbonyl (C=O) groups is 1. The summed E-state index contributed by atoms with van der Waals surface area (Å²) >= 11 is 0. The van der Waals surface area contributed by atoms with Crippen LogP contribution in [0.2, 0.25) is 0 Å². The van der Waals surface area contributed by atoms with Gasteiger partial charge in [-0.3, -0.25) is 4.79 Å². The lowest BCUT2D eigenvalue weighted by atomic mass is 10.0. The van der Waals surface area contributed by atoms with Crippen molar-refractivity contribution in [2.75, 3.05) is 13.1 Å². The number of carbonyl (C=O) groups excluding carboxylic acids is 1. The van der Waals surface area contributed by atoms with Crippen molar-refractivity contribution in [3.8, 4) is 0 Å². The van der Waals surface area contributed by atoms with Gasteiger partial charge in [0.25, 0.3) is 0 Å². The fourth-order valence-corrected chi connectivity index (χ4v) is 2.72. The molecule has 1 fully saturated rings. The van der Waals surface area contributed by atoms with Crippen LogP contribution in [0.25, 0.3) is 0 Å². The van der Waals surface area contributed by atoms with Gasteiger partial charge in [-0.05, 0) is 38.6 Å². The van der Waals surface area contributed by atoms with Crippen LogP contribution in [0.3, 0.4) is 0 Å². The fraction of sp³-hybridized carbons (Fsp3) is 0.929. The Morgan fingerprint density at radius 1 is 1.41 bits per heavy atom. The second-order valence-corrected chi connectivity index (χ2v) is 5.27. The van der Waals surface area contributed by atoms with Crippen LogP contribution in [0.15, 0.2) is 0 Å². The molecule has 100 valence electrons. The van der Waals surface area contributed by atoms with Gasteiger partial charge in [-0.15, -0.1) is 0 Å². The molecular weight excluding hydrogens is 212 g/mol. The van der Waals surface area contributed by atoms with Gasteiger partial charge in [-0.2, -0.15) is 0 Å². The average molecular weight is 240 g/mol. The average Bonchev–Trinajstić information content (AvgIpc) is 2.59. The molecule has 3 heteroatoms. The second kappa shape index (κ2) is 7.70. The zero-order valence-corrected chi connectivity index (χ0v) is 11.5. The zero-order valence-electron chi connectivity index (χ0n) is 11.5. The number of hydrogen-bond acceptors (Lipinski definition) is 2. The van der Waals surface area contributed by atoms with Gasteiger partial charge in [0.05, 0.1) is 0 Å². The van der Waals surface area contributed by atoms with Gasteiger partial charge in [-0.1, -0.05) is 26.7 Å². The molecule has 1 aliphatic heterocycles. The summed E-state index contributed by atoms with van der Waals surface area (Å²) in [5.74, 6) is 0.498. The molecule has 2 unspecified atom stereocenters. The van der Waals surface area contributed by atoms with Crippen molar-refractivity contribution >= 4 is 5.91 Å². The van der Waals surface area contributed by atoms with E-state index in [9.17, 15) is 4.79 Å². The van der Waals surface area contributed by atoms with E-state index in [4.69, 9.17) is 5.73 Å². The molecule has 0 aliphatic carbocycles. The molecule has 1 saturated heterocycles. The molecule has 0 aromatic rings. The predicted octanol–water partition coefficient (Wildman–Crippen LogP) is 2.54. The van der Waals surface area contributed by atoms with E-state index < -0.39 is 0 Å². The monoisotopic (exact) mass is 240 g/mol. The molecule has 17 heavy (non-hydrogen) atoms. The largest absolute Gasteiger partial charge is 0.340 e. The first kappa shape index (κ1) is 14.5. The Bertz CT molecular complexity index is 230. The molecule has 0 saturated carbocycles. The summed E-state index contributed by atoms with van der Waals surface area (Å²) in [5.41, 5.74) is 5.51. The smallest absolute Gasteiger partial charge is 0.225 e. The molecule has 1 heterocycles. The van der Waals surface area contributed by atoms with Gasteiger partial charge in [0, 0.05) is 18.5 Å². The molecular formula is C14H28N2O. The highest BCUT2D eigenvalue weighted by atomic mass is 16.2. The number of nitrogens with two attached hydrogens (primary N) is 1. The summed E-state index contributed by atoms with van der Waals surface area (Å²) in [6, 6.07) is 0.477. The van der Waals surface area contributed by atoms with Gasteiger partial charge in [-0.25, -0.2) is 0 Å². The van der Waals surface area contributed by atoms with E-state index in [2.05, 4.69) is 18.7 Å². The SMILES string of the molecule is CCC1CCCCCN1C(=O)C(C)CCCN. The first-order valence-corrected chi connectivity index (χ1v) is 7.21. The van der Waals surface area contributed by atoms with Crippen molar-refractivity contribution in [3.05, 3.63) is 0 Å². The van der Waals surface area contributed by atoms with E-state index in [1.807, 2.05) is 0 Å². The third-order valence-electron chi connectivity index (χ3n) is 3.89. The van der Waals surface area contributed by atoms with Gasteiger partial charge in [0.2, 0.25) is 5.91 Å². The minimum atomic E-state index is 0.144. The predicted molar refractivity (Wildman–Crippen MR) is 71.7 cm³/mol. The quantitative estimate of drug-likeness (QED) is 0.802. The van der Waals surface area contributed by atoms with Crippen molar-refractivity contribution in [3.63, 3.8) is 0 Å². The van der Waals surface area contributed by atoms with Crippen LogP contribution < -0.4 is 5.73 Å². The molecule has 1 aliphatic rings. The summed E-state index contributed by atoms with van der Waals surface area (Å²) in [5, 5.41) is 0. The highest BCUT2D eigenvalue weighted by Gasteiger charge is 2.26. The number of hydrogen-bond donors (Lipinski definition) is 1. The van der Waals surface area contributed by atoms with E-state index in [0.717, 1.165) is 25.8 Å². The fourth-order valence-electron chi connectivity index (χ4n) is 2.72.